The molecule has 0 atom stereocenters. The number of nitrogens with one attached hydrogen (secondary N) is 2. The van der Waals surface area contributed by atoms with Crippen LogP contribution in [0, 0.1) is 0 Å². The molecule has 5 aromatic rings. The van der Waals surface area contributed by atoms with Gasteiger partial charge in [-0.2, -0.15) is 0 Å². The number of pyridine rings is 3. The van der Waals surface area contributed by atoms with Gasteiger partial charge in [-0.1, -0.05) is 0 Å². The molecule has 1 aliphatic heterocycles. The van der Waals surface area contributed by atoms with Crippen molar-refractivity contribution >= 4 is 39.5 Å². The summed E-state index contributed by atoms with van der Waals surface area (Å²) in [5.74, 6) is 1.04. The number of hydrogen-bond donors (Lipinski definition) is 2. The summed E-state index contributed by atoms with van der Waals surface area (Å²) >= 11 is 0. The molecule has 0 saturated carbocycles. The van der Waals surface area contributed by atoms with E-state index in [1.165, 1.54) is 0 Å². The van der Waals surface area contributed by atoms with Gasteiger partial charge in [-0.05, 0) is 42.8 Å². The molecule has 174 valence electrons. The largest absolute Gasteiger partial charge is 0.354 e. The molecule has 1 amide bonds. The van der Waals surface area contributed by atoms with Crippen molar-refractivity contribution in [2.45, 2.75) is 0 Å². The fourth-order valence-corrected chi connectivity index (χ4v) is 4.15. The normalized spacial score (nSPS) is 14.5. The number of H-pyrrole nitrogens is 1. The molecule has 10 nitrogen and oxygen atoms in total. The third-order valence-corrected chi connectivity index (χ3v) is 6.20. The number of carbonyl (C=O) groups excluding carboxylic acids is 1. The van der Waals surface area contributed by atoms with Crippen molar-refractivity contribution in [1.29, 1.82) is 0 Å². The van der Waals surface area contributed by atoms with E-state index in [4.69, 9.17) is 0 Å². The number of piperazine rings is 1. The molecular formula is C25H23N9O. The van der Waals surface area contributed by atoms with E-state index in [-0.39, 0.29) is 5.91 Å². The molecule has 1 aliphatic rings. The van der Waals surface area contributed by atoms with Gasteiger partial charge >= 0.3 is 0 Å². The smallest absolute Gasteiger partial charge is 0.257 e. The number of likely N-dealkylation sites (N-methyl/N-ethyl adjacent to an activating group) is 1. The highest BCUT2D eigenvalue weighted by Crippen LogP contribution is 2.23. The number of rotatable bonds is 4. The van der Waals surface area contributed by atoms with Gasteiger partial charge in [-0.3, -0.25) is 14.8 Å². The zero-order chi connectivity index (χ0) is 23.8. The van der Waals surface area contributed by atoms with E-state index in [1.807, 2.05) is 24.3 Å². The quantitative estimate of drug-likeness (QED) is 0.416. The van der Waals surface area contributed by atoms with Crippen LogP contribution in [0.2, 0.25) is 0 Å². The van der Waals surface area contributed by atoms with E-state index >= 15 is 0 Å². The minimum atomic E-state index is -0.230. The van der Waals surface area contributed by atoms with Crippen LogP contribution in [-0.2, 0) is 0 Å². The maximum atomic E-state index is 13.0. The lowest BCUT2D eigenvalue weighted by Gasteiger charge is -2.33. The van der Waals surface area contributed by atoms with Crippen LogP contribution in [0.4, 0.5) is 11.6 Å². The topological polar surface area (TPSA) is 116 Å². The second-order valence-corrected chi connectivity index (χ2v) is 8.60. The molecule has 5 aromatic heterocycles. The number of amides is 1. The van der Waals surface area contributed by atoms with Crippen LogP contribution in [0.1, 0.15) is 10.4 Å². The predicted molar refractivity (Wildman–Crippen MR) is 134 cm³/mol. The first-order chi connectivity index (χ1) is 17.1. The van der Waals surface area contributed by atoms with Crippen molar-refractivity contribution in [1.82, 2.24) is 34.8 Å². The molecule has 0 bridgehead atoms. The Morgan fingerprint density at radius 1 is 0.914 bits per heavy atom. The average molecular weight is 466 g/mol. The Bertz CT molecular complexity index is 1540. The highest BCUT2D eigenvalue weighted by atomic mass is 16.1. The van der Waals surface area contributed by atoms with Gasteiger partial charge in [0.05, 0.1) is 11.9 Å². The van der Waals surface area contributed by atoms with Gasteiger partial charge in [0.1, 0.15) is 22.8 Å². The first-order valence-electron chi connectivity index (χ1n) is 11.4. The van der Waals surface area contributed by atoms with Crippen LogP contribution >= 0.6 is 0 Å². The fraction of sp³-hybridized carbons (Fsp3) is 0.200. The molecule has 1 fully saturated rings. The molecule has 1 saturated heterocycles. The molecular weight excluding hydrogens is 442 g/mol. The fourth-order valence-electron chi connectivity index (χ4n) is 4.15. The van der Waals surface area contributed by atoms with Gasteiger partial charge in [0, 0.05) is 61.9 Å². The zero-order valence-corrected chi connectivity index (χ0v) is 19.1. The van der Waals surface area contributed by atoms with Gasteiger partial charge in [0.2, 0.25) is 0 Å². The Kier molecular flexibility index (Phi) is 5.27. The van der Waals surface area contributed by atoms with Crippen molar-refractivity contribution in [3.63, 3.8) is 0 Å². The number of aromatic amines is 1. The van der Waals surface area contributed by atoms with Crippen LogP contribution in [0.15, 0.2) is 61.3 Å². The SMILES string of the molecule is CN1CCN(c2cc(C(=O)Nc3cc4cc(-c5cnc6cc[nH]c6n5)ncc4cn3)ccn2)CC1. The number of hydrogen-bond acceptors (Lipinski definition) is 8. The van der Waals surface area contributed by atoms with Crippen LogP contribution in [0.25, 0.3) is 33.3 Å². The molecule has 0 aromatic carbocycles. The highest BCUT2D eigenvalue weighted by molar-refractivity contribution is 6.05. The Hall–Kier alpha value is -4.44. The van der Waals surface area contributed by atoms with Crippen LogP contribution < -0.4 is 10.2 Å². The summed E-state index contributed by atoms with van der Waals surface area (Å²) in [6.07, 6.45) is 8.63. The van der Waals surface area contributed by atoms with E-state index in [1.54, 1.807) is 37.1 Å². The Morgan fingerprint density at radius 3 is 2.66 bits per heavy atom. The third-order valence-electron chi connectivity index (χ3n) is 6.20. The number of aromatic nitrogens is 6. The van der Waals surface area contributed by atoms with E-state index < -0.39 is 0 Å². The summed E-state index contributed by atoms with van der Waals surface area (Å²) < 4.78 is 0. The lowest BCUT2D eigenvalue weighted by atomic mass is 10.1. The summed E-state index contributed by atoms with van der Waals surface area (Å²) in [4.78, 5) is 42.9. The monoisotopic (exact) mass is 465 g/mol. The molecule has 6 heterocycles. The van der Waals surface area contributed by atoms with Crippen molar-refractivity contribution in [2.24, 2.45) is 0 Å². The van der Waals surface area contributed by atoms with Crippen molar-refractivity contribution in [2.75, 3.05) is 43.4 Å². The molecule has 10 heteroatoms. The summed E-state index contributed by atoms with van der Waals surface area (Å²) in [5, 5.41) is 4.66. The third kappa shape index (κ3) is 4.26. The van der Waals surface area contributed by atoms with Gasteiger partial charge in [-0.15, -0.1) is 0 Å². The van der Waals surface area contributed by atoms with Gasteiger partial charge in [0.15, 0.2) is 5.65 Å². The van der Waals surface area contributed by atoms with Crippen LogP contribution in [-0.4, -0.2) is 73.9 Å². The van der Waals surface area contributed by atoms with E-state index in [2.05, 4.69) is 52.1 Å². The lowest BCUT2D eigenvalue weighted by Crippen LogP contribution is -2.44. The van der Waals surface area contributed by atoms with Crippen molar-refractivity contribution in [3.05, 3.63) is 66.9 Å². The first-order valence-corrected chi connectivity index (χ1v) is 11.4. The second kappa shape index (κ2) is 8.73. The number of carbonyl (C=O) groups is 1. The van der Waals surface area contributed by atoms with Gasteiger partial charge in [0.25, 0.3) is 5.91 Å². The molecule has 0 unspecified atom stereocenters. The molecule has 6 rings (SSSR count). The predicted octanol–water partition coefficient (Wildman–Crippen LogP) is 2.97. The summed E-state index contributed by atoms with van der Waals surface area (Å²) in [6.45, 7) is 3.72. The molecule has 0 aliphatic carbocycles. The maximum absolute atomic E-state index is 13.0. The first kappa shape index (κ1) is 21.1. The van der Waals surface area contributed by atoms with E-state index in [9.17, 15) is 4.79 Å². The summed E-state index contributed by atoms with van der Waals surface area (Å²) in [5.41, 5.74) is 3.41. The Morgan fingerprint density at radius 2 is 1.77 bits per heavy atom. The summed E-state index contributed by atoms with van der Waals surface area (Å²) in [6, 6.07) is 9.18. The van der Waals surface area contributed by atoms with Crippen LogP contribution in [0.5, 0.6) is 0 Å². The van der Waals surface area contributed by atoms with Crippen LogP contribution in [0.3, 0.4) is 0 Å². The number of anilines is 2. The Balaban J connectivity index is 1.24. The maximum Gasteiger partial charge on any atom is 0.257 e. The van der Waals surface area contributed by atoms with E-state index in [0.29, 0.717) is 28.4 Å². The second-order valence-electron chi connectivity index (χ2n) is 8.60. The van der Waals surface area contributed by atoms with Gasteiger partial charge < -0.3 is 20.1 Å². The zero-order valence-electron chi connectivity index (χ0n) is 19.1. The molecule has 2 N–H and O–H groups in total. The minimum Gasteiger partial charge on any atom is -0.354 e. The number of fused-ring (bicyclic) bond motifs is 2. The summed E-state index contributed by atoms with van der Waals surface area (Å²) in [7, 11) is 2.11. The van der Waals surface area contributed by atoms with Crippen molar-refractivity contribution < 1.29 is 4.79 Å². The minimum absolute atomic E-state index is 0.230. The molecule has 0 spiro atoms. The number of nitrogens with zero attached hydrogens (tertiary/aromatic N) is 7. The van der Waals surface area contributed by atoms with Crippen molar-refractivity contribution in [3.8, 4) is 11.4 Å². The standard InChI is InChI=1S/C25H23N9O/c1-33-6-8-34(9-7-33)23-12-16(2-4-26-23)25(35)32-22-11-17-10-20(28-13-18(17)14-30-22)21-15-29-19-3-5-27-24(19)31-21/h2-5,10-15H,6-9H2,1H3,(H,27,31)(H,30,32,35). The average Bonchev–Trinajstić information content (AvgIpc) is 3.37. The lowest BCUT2D eigenvalue weighted by molar-refractivity contribution is 0.102. The molecule has 0 radical (unpaired) electrons. The van der Waals surface area contributed by atoms with E-state index in [0.717, 1.165) is 48.3 Å². The Labute approximate surface area is 201 Å². The van der Waals surface area contributed by atoms with Gasteiger partial charge in [-0.25, -0.2) is 15.0 Å². The highest BCUT2D eigenvalue weighted by Gasteiger charge is 2.17. The molecule has 35 heavy (non-hydrogen) atoms.